The summed E-state index contributed by atoms with van der Waals surface area (Å²) in [7, 11) is 0. The Bertz CT molecular complexity index is 366. The van der Waals surface area contributed by atoms with Crippen molar-refractivity contribution in [1.29, 1.82) is 0 Å². The zero-order chi connectivity index (χ0) is 10.9. The topological polar surface area (TPSA) is 30.0 Å². The highest BCUT2D eigenvalue weighted by Crippen LogP contribution is 2.25. The Kier molecular flexibility index (Phi) is 3.29. The van der Waals surface area contributed by atoms with Crippen molar-refractivity contribution in [2.24, 2.45) is 0 Å². The molecule has 0 spiro atoms. The second kappa shape index (κ2) is 3.96. The first-order chi connectivity index (χ1) is 6.32. The molecule has 1 aromatic heterocycles. The summed E-state index contributed by atoms with van der Waals surface area (Å²) in [6.07, 6.45) is 1.77. The van der Waals surface area contributed by atoms with E-state index in [0.717, 1.165) is 5.56 Å². The molecule has 0 saturated heterocycles. The van der Waals surface area contributed by atoms with Crippen LogP contribution in [0.1, 0.15) is 42.4 Å². The van der Waals surface area contributed by atoms with E-state index < -0.39 is 0 Å². The maximum atomic E-state index is 11.2. The van der Waals surface area contributed by atoms with Gasteiger partial charge >= 0.3 is 0 Å². The largest absolute Gasteiger partial charge is 0.280 e. The Morgan fingerprint density at radius 3 is 2.43 bits per heavy atom. The average Bonchev–Trinajstić information content (AvgIpc) is 2.02. The van der Waals surface area contributed by atoms with Crippen LogP contribution in [0.2, 0.25) is 0 Å². The second-order valence-corrected chi connectivity index (χ2v) is 5.39. The van der Waals surface area contributed by atoms with Gasteiger partial charge in [0.15, 0.2) is 0 Å². The minimum absolute atomic E-state index is 0.00639. The molecule has 0 aromatic carbocycles. The molecule has 0 radical (unpaired) electrons. The standard InChI is InChI=1S/C11H14INO/c1-7-6-13-9(10(12)14)5-8(7)11(2,3)4/h5-6H,1-4H3. The molecular formula is C11H14INO. The van der Waals surface area contributed by atoms with Gasteiger partial charge in [-0.3, -0.25) is 9.78 Å². The lowest BCUT2D eigenvalue weighted by molar-refractivity contribution is 0.110. The second-order valence-electron chi connectivity index (χ2n) is 4.41. The Labute approximate surface area is 98.3 Å². The zero-order valence-electron chi connectivity index (χ0n) is 8.89. The summed E-state index contributed by atoms with van der Waals surface area (Å²) in [5.41, 5.74) is 2.93. The Hall–Kier alpha value is -0.450. The van der Waals surface area contributed by atoms with E-state index in [4.69, 9.17) is 0 Å². The van der Waals surface area contributed by atoms with Crippen LogP contribution in [-0.2, 0) is 5.41 Å². The number of hydrogen-bond donors (Lipinski definition) is 0. The lowest BCUT2D eigenvalue weighted by atomic mass is 9.84. The first-order valence-corrected chi connectivity index (χ1v) is 5.57. The summed E-state index contributed by atoms with van der Waals surface area (Å²) in [5, 5.41) is 0. The molecule has 76 valence electrons. The van der Waals surface area contributed by atoms with Gasteiger partial charge in [-0.1, -0.05) is 20.8 Å². The van der Waals surface area contributed by atoms with E-state index in [0.29, 0.717) is 5.69 Å². The monoisotopic (exact) mass is 303 g/mol. The molecule has 0 aliphatic rings. The minimum atomic E-state index is -0.00639. The van der Waals surface area contributed by atoms with E-state index in [-0.39, 0.29) is 9.20 Å². The average molecular weight is 303 g/mol. The summed E-state index contributed by atoms with van der Waals surface area (Å²) < 4.78 is -0.00639. The fourth-order valence-corrected chi connectivity index (χ4v) is 1.73. The van der Waals surface area contributed by atoms with E-state index in [1.807, 2.05) is 13.0 Å². The van der Waals surface area contributed by atoms with Gasteiger partial charge in [0.25, 0.3) is 0 Å². The first-order valence-electron chi connectivity index (χ1n) is 4.49. The molecule has 0 unspecified atom stereocenters. The Morgan fingerprint density at radius 1 is 1.43 bits per heavy atom. The molecule has 1 heterocycles. The molecule has 14 heavy (non-hydrogen) atoms. The number of halogens is 1. The van der Waals surface area contributed by atoms with E-state index >= 15 is 0 Å². The highest BCUT2D eigenvalue weighted by atomic mass is 127. The van der Waals surface area contributed by atoms with Crippen LogP contribution in [-0.4, -0.2) is 8.77 Å². The number of carbonyl (C=O) groups is 1. The Balaban J connectivity index is 3.29. The van der Waals surface area contributed by atoms with Crippen LogP contribution in [0.4, 0.5) is 0 Å². The maximum Gasteiger partial charge on any atom is 0.240 e. The van der Waals surface area contributed by atoms with Gasteiger partial charge in [-0.25, -0.2) is 0 Å². The predicted molar refractivity (Wildman–Crippen MR) is 66.0 cm³/mol. The van der Waals surface area contributed by atoms with Gasteiger partial charge in [0.05, 0.1) is 0 Å². The fraction of sp³-hybridized carbons (Fsp3) is 0.455. The van der Waals surface area contributed by atoms with Crippen molar-refractivity contribution in [2.45, 2.75) is 33.1 Å². The number of pyridine rings is 1. The number of hydrogen-bond acceptors (Lipinski definition) is 2. The van der Waals surface area contributed by atoms with Crippen LogP contribution in [0.5, 0.6) is 0 Å². The molecule has 0 amide bonds. The Morgan fingerprint density at radius 2 is 2.00 bits per heavy atom. The fourth-order valence-electron chi connectivity index (χ4n) is 1.44. The van der Waals surface area contributed by atoms with Crippen molar-refractivity contribution in [1.82, 2.24) is 4.98 Å². The molecule has 2 nitrogen and oxygen atoms in total. The molecular weight excluding hydrogens is 289 g/mol. The van der Waals surface area contributed by atoms with Gasteiger partial charge in [0, 0.05) is 28.8 Å². The van der Waals surface area contributed by atoms with Crippen molar-refractivity contribution < 1.29 is 4.79 Å². The van der Waals surface area contributed by atoms with E-state index in [1.54, 1.807) is 28.8 Å². The van der Waals surface area contributed by atoms with Gasteiger partial charge < -0.3 is 0 Å². The van der Waals surface area contributed by atoms with Crippen LogP contribution in [0, 0.1) is 6.92 Å². The third-order valence-corrected chi connectivity index (χ3v) is 2.67. The van der Waals surface area contributed by atoms with Crippen LogP contribution in [0.25, 0.3) is 0 Å². The normalized spacial score (nSPS) is 11.5. The smallest absolute Gasteiger partial charge is 0.240 e. The summed E-state index contributed by atoms with van der Waals surface area (Å²) in [6.45, 7) is 8.43. The lowest BCUT2D eigenvalue weighted by Gasteiger charge is -2.21. The van der Waals surface area contributed by atoms with Crippen molar-refractivity contribution in [3.8, 4) is 0 Å². The number of rotatable bonds is 1. The number of aryl methyl sites for hydroxylation is 1. The molecule has 0 bridgehead atoms. The molecule has 0 atom stereocenters. The summed E-state index contributed by atoms with van der Waals surface area (Å²) >= 11 is 1.76. The van der Waals surface area contributed by atoms with Crippen molar-refractivity contribution >= 4 is 26.4 Å². The number of carbonyl (C=O) groups excluding carboxylic acids is 1. The molecule has 0 aliphatic heterocycles. The minimum Gasteiger partial charge on any atom is -0.280 e. The molecule has 0 fully saturated rings. The molecule has 1 rings (SSSR count). The van der Waals surface area contributed by atoms with Crippen LogP contribution in [0.15, 0.2) is 12.3 Å². The summed E-state index contributed by atoms with van der Waals surface area (Å²) in [4.78, 5) is 15.3. The lowest BCUT2D eigenvalue weighted by Crippen LogP contribution is -2.14. The third kappa shape index (κ3) is 2.53. The van der Waals surface area contributed by atoms with Crippen molar-refractivity contribution in [3.63, 3.8) is 0 Å². The summed E-state index contributed by atoms with van der Waals surface area (Å²) in [6, 6.07) is 1.89. The quantitative estimate of drug-likeness (QED) is 0.589. The van der Waals surface area contributed by atoms with Crippen molar-refractivity contribution in [2.75, 3.05) is 0 Å². The van der Waals surface area contributed by atoms with Crippen molar-refractivity contribution in [3.05, 3.63) is 29.1 Å². The van der Waals surface area contributed by atoms with E-state index in [1.165, 1.54) is 5.56 Å². The first kappa shape index (κ1) is 11.6. The van der Waals surface area contributed by atoms with Crippen LogP contribution >= 0.6 is 22.6 Å². The maximum absolute atomic E-state index is 11.2. The van der Waals surface area contributed by atoms with Crippen LogP contribution < -0.4 is 0 Å². The molecule has 0 aliphatic carbocycles. The van der Waals surface area contributed by atoms with Gasteiger partial charge in [-0.2, -0.15) is 0 Å². The van der Waals surface area contributed by atoms with Crippen LogP contribution in [0.3, 0.4) is 0 Å². The van der Waals surface area contributed by atoms with Gasteiger partial charge in [0.2, 0.25) is 3.79 Å². The molecule has 1 aromatic rings. The predicted octanol–water partition coefficient (Wildman–Crippen LogP) is 3.26. The highest BCUT2D eigenvalue weighted by molar-refractivity contribution is 14.1. The SMILES string of the molecule is Cc1cnc(C(=O)I)cc1C(C)(C)C. The molecule has 3 heteroatoms. The van der Waals surface area contributed by atoms with E-state index in [9.17, 15) is 4.79 Å². The molecule has 0 saturated carbocycles. The number of nitrogens with zero attached hydrogens (tertiary/aromatic N) is 1. The van der Waals surface area contributed by atoms with Gasteiger partial charge in [0.1, 0.15) is 5.69 Å². The zero-order valence-corrected chi connectivity index (χ0v) is 11.0. The summed E-state index contributed by atoms with van der Waals surface area (Å²) in [5.74, 6) is 0. The molecule has 0 N–H and O–H groups in total. The van der Waals surface area contributed by atoms with E-state index in [2.05, 4.69) is 25.8 Å². The van der Waals surface area contributed by atoms with Gasteiger partial charge in [-0.15, -0.1) is 0 Å². The number of aromatic nitrogens is 1. The highest BCUT2D eigenvalue weighted by Gasteiger charge is 2.18. The van der Waals surface area contributed by atoms with Gasteiger partial charge in [-0.05, 0) is 29.5 Å². The third-order valence-electron chi connectivity index (χ3n) is 2.11.